The average Bonchev–Trinajstić information content (AvgIpc) is 3.24. The van der Waals surface area contributed by atoms with Gasteiger partial charge in [0.1, 0.15) is 11.2 Å². The van der Waals surface area contributed by atoms with Gasteiger partial charge in [-0.2, -0.15) is 0 Å². The van der Waals surface area contributed by atoms with Gasteiger partial charge in [-0.05, 0) is 48.3 Å². The minimum atomic E-state index is -0.958. The summed E-state index contributed by atoms with van der Waals surface area (Å²) in [5, 5.41) is 23.4. The fourth-order valence-electron chi connectivity index (χ4n) is 7.06. The van der Waals surface area contributed by atoms with E-state index in [9.17, 15) is 10.2 Å². The van der Waals surface area contributed by atoms with Crippen molar-refractivity contribution < 1.29 is 10.2 Å². The SMILES string of the molecule is O[C@]1([C@]2(O)C[C@@H]3C=C[C@H]4C=C[C@H]2[C@@H]43)C[C@H]2C=C[C@H]3C=C[C@H]1[C@@H]32. The average molecular weight is 294 g/mol. The summed E-state index contributed by atoms with van der Waals surface area (Å²) in [6.45, 7) is 0. The van der Waals surface area contributed by atoms with E-state index in [4.69, 9.17) is 0 Å². The first-order chi connectivity index (χ1) is 10.6. The molecule has 2 N–H and O–H groups in total. The number of hydrogen-bond donors (Lipinski definition) is 2. The molecule has 0 amide bonds. The van der Waals surface area contributed by atoms with Crippen molar-refractivity contribution in [2.45, 2.75) is 24.0 Å². The van der Waals surface area contributed by atoms with Crippen molar-refractivity contribution in [2.75, 3.05) is 0 Å². The maximum Gasteiger partial charge on any atom is 0.101 e. The molecule has 10 atom stereocenters. The lowest BCUT2D eigenvalue weighted by Gasteiger charge is -2.45. The van der Waals surface area contributed by atoms with E-state index in [-0.39, 0.29) is 11.8 Å². The van der Waals surface area contributed by atoms with Gasteiger partial charge < -0.3 is 10.2 Å². The summed E-state index contributed by atoms with van der Waals surface area (Å²) >= 11 is 0. The van der Waals surface area contributed by atoms with Gasteiger partial charge in [0.15, 0.2) is 0 Å². The van der Waals surface area contributed by atoms with Crippen LogP contribution in [0.1, 0.15) is 12.8 Å². The van der Waals surface area contributed by atoms with Gasteiger partial charge in [-0.3, -0.25) is 0 Å². The Kier molecular flexibility index (Phi) is 1.97. The van der Waals surface area contributed by atoms with Crippen molar-refractivity contribution in [3.8, 4) is 0 Å². The summed E-state index contributed by atoms with van der Waals surface area (Å²) < 4.78 is 0. The molecule has 2 heteroatoms. The van der Waals surface area contributed by atoms with Crippen LogP contribution in [0.3, 0.4) is 0 Å². The number of rotatable bonds is 1. The molecule has 0 spiro atoms. The largest absolute Gasteiger partial charge is 0.386 e. The predicted octanol–water partition coefficient (Wildman–Crippen LogP) is 2.46. The van der Waals surface area contributed by atoms with Crippen LogP contribution in [0.5, 0.6) is 0 Å². The molecule has 6 aliphatic rings. The molecule has 0 radical (unpaired) electrons. The molecule has 2 fully saturated rings. The maximum absolute atomic E-state index is 11.7. The molecule has 6 aliphatic carbocycles. The zero-order valence-corrected chi connectivity index (χ0v) is 12.5. The van der Waals surface area contributed by atoms with Crippen LogP contribution in [0.25, 0.3) is 0 Å². The summed E-state index contributed by atoms with van der Waals surface area (Å²) in [5.74, 6) is 3.08. The standard InChI is InChI=1S/C20H22O2/c21-19(9-13-3-1-11-5-7-15(19)17(11)13)20(22)10-14-4-2-12-6-8-16(20)18(12)14/h1-8,11-18,21-22H,9-10H2/t11-,12-,13-,14+,15-,16-,17-,18-,19-,20+/m0/s1. The maximum atomic E-state index is 11.7. The van der Waals surface area contributed by atoms with E-state index in [1.54, 1.807) is 0 Å². The van der Waals surface area contributed by atoms with Crippen molar-refractivity contribution in [1.82, 2.24) is 0 Å². The van der Waals surface area contributed by atoms with Crippen molar-refractivity contribution in [3.63, 3.8) is 0 Å². The van der Waals surface area contributed by atoms with Crippen molar-refractivity contribution >= 4 is 0 Å². The third-order valence-electron chi connectivity index (χ3n) is 7.90. The number of hydrogen-bond acceptors (Lipinski definition) is 2. The second kappa shape index (κ2) is 3.52. The molecule has 0 heterocycles. The van der Waals surface area contributed by atoms with Crippen LogP contribution in [0, 0.1) is 47.3 Å². The summed E-state index contributed by atoms with van der Waals surface area (Å²) in [6, 6.07) is 0. The lowest BCUT2D eigenvalue weighted by Crippen LogP contribution is -2.59. The van der Waals surface area contributed by atoms with Gasteiger partial charge in [0.05, 0.1) is 0 Å². The minimum absolute atomic E-state index is 0.123. The molecule has 0 aromatic carbocycles. The van der Waals surface area contributed by atoms with Crippen LogP contribution >= 0.6 is 0 Å². The molecule has 6 rings (SSSR count). The topological polar surface area (TPSA) is 40.5 Å². The minimum Gasteiger partial charge on any atom is -0.386 e. The highest BCUT2D eigenvalue weighted by Crippen LogP contribution is 2.66. The molecule has 114 valence electrons. The molecular weight excluding hydrogens is 272 g/mol. The normalized spacial score (nSPS) is 65.0. The Morgan fingerprint density at radius 2 is 1.00 bits per heavy atom. The Labute approximate surface area is 130 Å². The van der Waals surface area contributed by atoms with Gasteiger partial charge in [-0.1, -0.05) is 48.6 Å². The highest BCUT2D eigenvalue weighted by molar-refractivity contribution is 5.37. The molecule has 0 bridgehead atoms. The first-order valence-electron chi connectivity index (χ1n) is 8.80. The van der Waals surface area contributed by atoms with Crippen LogP contribution in [0.2, 0.25) is 0 Å². The number of aliphatic hydroxyl groups is 2. The van der Waals surface area contributed by atoms with Crippen LogP contribution in [-0.4, -0.2) is 21.4 Å². The van der Waals surface area contributed by atoms with Crippen LogP contribution < -0.4 is 0 Å². The molecule has 2 nitrogen and oxygen atoms in total. The van der Waals surface area contributed by atoms with Gasteiger partial charge in [0, 0.05) is 11.8 Å². The van der Waals surface area contributed by atoms with Gasteiger partial charge in [-0.15, -0.1) is 0 Å². The molecular formula is C20H22O2. The fraction of sp³-hybridized carbons (Fsp3) is 0.600. The van der Waals surface area contributed by atoms with Crippen LogP contribution in [0.4, 0.5) is 0 Å². The Morgan fingerprint density at radius 3 is 1.45 bits per heavy atom. The molecule has 0 saturated heterocycles. The first kappa shape index (κ1) is 12.3. The second-order valence-electron chi connectivity index (χ2n) is 8.49. The van der Waals surface area contributed by atoms with Crippen molar-refractivity contribution in [1.29, 1.82) is 0 Å². The van der Waals surface area contributed by atoms with Gasteiger partial charge >= 0.3 is 0 Å². The second-order valence-corrected chi connectivity index (χ2v) is 8.49. The third-order valence-corrected chi connectivity index (χ3v) is 7.90. The molecule has 0 aromatic rings. The third kappa shape index (κ3) is 1.11. The zero-order chi connectivity index (χ0) is 14.7. The van der Waals surface area contributed by atoms with E-state index in [1.165, 1.54) is 0 Å². The van der Waals surface area contributed by atoms with E-state index in [0.29, 0.717) is 35.5 Å². The Morgan fingerprint density at radius 1 is 0.591 bits per heavy atom. The highest BCUT2D eigenvalue weighted by Gasteiger charge is 2.70. The highest BCUT2D eigenvalue weighted by atomic mass is 16.4. The van der Waals surface area contributed by atoms with E-state index in [2.05, 4.69) is 48.6 Å². The van der Waals surface area contributed by atoms with E-state index < -0.39 is 11.2 Å². The Hall–Kier alpha value is -1.12. The summed E-state index contributed by atoms with van der Waals surface area (Å²) in [4.78, 5) is 0. The molecule has 2 saturated carbocycles. The van der Waals surface area contributed by atoms with Crippen molar-refractivity contribution in [3.05, 3.63) is 48.6 Å². The lowest BCUT2D eigenvalue weighted by atomic mass is 9.68. The first-order valence-corrected chi connectivity index (χ1v) is 8.80. The van der Waals surface area contributed by atoms with E-state index in [0.717, 1.165) is 12.8 Å². The van der Waals surface area contributed by atoms with Crippen molar-refractivity contribution in [2.24, 2.45) is 47.3 Å². The Balaban J connectivity index is 1.47. The summed E-state index contributed by atoms with van der Waals surface area (Å²) in [6.07, 6.45) is 19.5. The lowest BCUT2D eigenvalue weighted by molar-refractivity contribution is -0.180. The van der Waals surface area contributed by atoms with E-state index >= 15 is 0 Å². The smallest absolute Gasteiger partial charge is 0.101 e. The van der Waals surface area contributed by atoms with E-state index in [1.807, 2.05) is 0 Å². The van der Waals surface area contributed by atoms with Gasteiger partial charge in [0.2, 0.25) is 0 Å². The molecule has 0 unspecified atom stereocenters. The van der Waals surface area contributed by atoms with Gasteiger partial charge in [0.25, 0.3) is 0 Å². The van der Waals surface area contributed by atoms with Crippen LogP contribution in [0.15, 0.2) is 48.6 Å². The van der Waals surface area contributed by atoms with Crippen LogP contribution in [-0.2, 0) is 0 Å². The molecule has 0 aliphatic heterocycles. The fourth-order valence-corrected chi connectivity index (χ4v) is 7.06. The van der Waals surface area contributed by atoms with Gasteiger partial charge in [-0.25, -0.2) is 0 Å². The monoisotopic (exact) mass is 294 g/mol. The number of allylic oxidation sites excluding steroid dienone is 6. The Bertz CT molecular complexity index is 615. The quantitative estimate of drug-likeness (QED) is 0.729. The molecule has 0 aromatic heterocycles. The predicted molar refractivity (Wildman–Crippen MR) is 83.6 cm³/mol. The summed E-state index contributed by atoms with van der Waals surface area (Å²) in [7, 11) is 0. The molecule has 22 heavy (non-hydrogen) atoms. The zero-order valence-electron chi connectivity index (χ0n) is 12.5. The summed E-state index contributed by atoms with van der Waals surface area (Å²) in [5.41, 5.74) is -1.92.